The van der Waals surface area contributed by atoms with E-state index in [-0.39, 0.29) is 0 Å². The van der Waals surface area contributed by atoms with Gasteiger partial charge in [0.05, 0.1) is 0 Å². The van der Waals surface area contributed by atoms with E-state index < -0.39 is 0 Å². The predicted molar refractivity (Wildman–Crippen MR) is 359 cm³/mol. The minimum absolute atomic E-state index is 0.543. The van der Waals surface area contributed by atoms with Crippen LogP contribution in [0.3, 0.4) is 0 Å². The molecule has 0 saturated heterocycles. The van der Waals surface area contributed by atoms with Crippen molar-refractivity contribution < 1.29 is 8.83 Å². The van der Waals surface area contributed by atoms with Crippen molar-refractivity contribution in [1.29, 1.82) is 0 Å². The lowest BCUT2D eigenvalue weighted by Crippen LogP contribution is -2.01. The van der Waals surface area contributed by atoms with Gasteiger partial charge in [-0.15, -0.1) is 0 Å². The monoisotopic (exact) mass is 1120 g/mol. The normalized spacial score (nSPS) is 11.9. The first-order chi connectivity index (χ1) is 43.6. The first kappa shape index (κ1) is 49.4. The molecule has 0 spiro atoms. The van der Waals surface area contributed by atoms with E-state index in [2.05, 4.69) is 231 Å². The molecule has 0 N–H and O–H groups in total. The van der Waals surface area contributed by atoms with E-state index in [0.29, 0.717) is 34.9 Å². The number of aromatic nitrogens is 6. The summed E-state index contributed by atoms with van der Waals surface area (Å²) in [5.74, 6) is 3.38. The van der Waals surface area contributed by atoms with E-state index in [1.54, 1.807) is 0 Å². The molecular weight excluding hydrogens is 1080 g/mol. The predicted octanol–water partition coefficient (Wildman–Crippen LogP) is 21.0. The maximum atomic E-state index is 7.00. The number of fused-ring (bicyclic) bond motifs is 13. The van der Waals surface area contributed by atoms with Crippen molar-refractivity contribution in [3.8, 4) is 90.6 Å². The van der Waals surface area contributed by atoms with Gasteiger partial charge in [0.1, 0.15) is 22.3 Å². The highest BCUT2D eigenvalue weighted by molar-refractivity contribution is 6.17. The second-order valence-corrected chi connectivity index (χ2v) is 22.5. The highest BCUT2D eigenvalue weighted by atomic mass is 16.3. The van der Waals surface area contributed by atoms with Crippen LogP contribution < -0.4 is 0 Å². The molecule has 0 aliphatic rings. The van der Waals surface area contributed by atoms with Gasteiger partial charge in [0, 0.05) is 60.5 Å². The van der Waals surface area contributed by atoms with Crippen molar-refractivity contribution in [2.75, 3.05) is 0 Å². The van der Waals surface area contributed by atoms with E-state index in [1.807, 2.05) is 48.5 Å². The van der Waals surface area contributed by atoms with Crippen molar-refractivity contribution in [3.63, 3.8) is 0 Å². The number of nitrogens with zero attached hydrogens (tertiary/aromatic N) is 6. The molecule has 0 fully saturated rings. The molecule has 4 aromatic heterocycles. The quantitative estimate of drug-likeness (QED) is 0.139. The van der Waals surface area contributed by atoms with Gasteiger partial charge >= 0.3 is 0 Å². The Labute approximate surface area is 503 Å². The van der Waals surface area contributed by atoms with Crippen LogP contribution in [-0.4, -0.2) is 29.9 Å². The summed E-state index contributed by atoms with van der Waals surface area (Å²) in [6, 6.07) is 97.2. The topological polar surface area (TPSA) is 104 Å². The summed E-state index contributed by atoms with van der Waals surface area (Å²) >= 11 is 0. The second kappa shape index (κ2) is 19.8. The van der Waals surface area contributed by atoms with Crippen LogP contribution in [-0.2, 0) is 0 Å². The molecule has 408 valence electrons. The van der Waals surface area contributed by atoms with Crippen LogP contribution in [0, 0.1) is 0 Å². The summed E-state index contributed by atoms with van der Waals surface area (Å²) < 4.78 is 13.4. The fraction of sp³-hybridized carbons (Fsp3) is 0. The van der Waals surface area contributed by atoms with E-state index in [1.165, 1.54) is 21.5 Å². The zero-order valence-electron chi connectivity index (χ0n) is 47.1. The largest absolute Gasteiger partial charge is 0.456 e. The third-order valence-electron chi connectivity index (χ3n) is 17.4. The lowest BCUT2D eigenvalue weighted by atomic mass is 9.95. The summed E-state index contributed by atoms with van der Waals surface area (Å²) in [6.07, 6.45) is 0. The number of furan rings is 2. The van der Waals surface area contributed by atoms with Crippen LogP contribution in [0.5, 0.6) is 0 Å². The second-order valence-electron chi connectivity index (χ2n) is 22.5. The molecule has 8 heteroatoms. The molecule has 4 heterocycles. The van der Waals surface area contributed by atoms with Crippen molar-refractivity contribution in [2.45, 2.75) is 0 Å². The lowest BCUT2D eigenvalue weighted by Gasteiger charge is -2.14. The number of rotatable bonds is 8. The smallest absolute Gasteiger partial charge is 0.164 e. The zero-order chi connectivity index (χ0) is 57.8. The summed E-state index contributed by atoms with van der Waals surface area (Å²) in [5.41, 5.74) is 12.5. The number of hydrogen-bond donors (Lipinski definition) is 0. The Balaban J connectivity index is 0.795. The average molecular weight is 1120 g/mol. The van der Waals surface area contributed by atoms with Crippen LogP contribution in [0.4, 0.5) is 0 Å². The van der Waals surface area contributed by atoms with Crippen LogP contribution in [0.15, 0.2) is 288 Å². The Hall–Kier alpha value is -12.0. The van der Waals surface area contributed by atoms with E-state index in [4.69, 9.17) is 38.7 Å². The molecule has 0 bridgehead atoms. The molecule has 0 atom stereocenters. The fourth-order valence-corrected chi connectivity index (χ4v) is 13.1. The summed E-state index contributed by atoms with van der Waals surface area (Å²) in [4.78, 5) is 32.1. The maximum absolute atomic E-state index is 7.00. The van der Waals surface area contributed by atoms with Gasteiger partial charge in [-0.2, -0.15) is 0 Å². The van der Waals surface area contributed by atoms with Gasteiger partial charge < -0.3 is 8.83 Å². The third-order valence-corrected chi connectivity index (χ3v) is 17.4. The standard InChI is InChI=1S/C80H46N6O2/c1-2-15-47(16-3-1)48-29-34-51(35-30-48)75-82-79(86-80(83-75)68-46-52-18-5-7-20-59(52)62-21-8-9-22-63(62)68)67-42-41-61(74-73(67)65-24-11-13-27-70(65)88-74)54-36-31-49-32-38-55(45-57(49)44-54)76-81-77(56-39-40-60-53(43-56)37-33-50-17-4-6-19-58(50)60)85-78(84-76)66-25-14-28-71-72(66)64-23-10-12-26-69(64)87-71/h1-46H. The Morgan fingerprint density at radius 2 is 0.636 bits per heavy atom. The molecule has 18 aromatic rings. The third kappa shape index (κ3) is 8.15. The molecule has 8 nitrogen and oxygen atoms in total. The summed E-state index contributed by atoms with van der Waals surface area (Å²) in [5, 5.41) is 15.1. The van der Waals surface area contributed by atoms with Crippen LogP contribution in [0.1, 0.15) is 0 Å². The molecule has 18 rings (SSSR count). The Bertz CT molecular complexity index is 5890. The fourth-order valence-electron chi connectivity index (χ4n) is 13.1. The Morgan fingerprint density at radius 3 is 1.40 bits per heavy atom. The molecule has 14 aromatic carbocycles. The summed E-state index contributed by atoms with van der Waals surface area (Å²) in [6.45, 7) is 0. The molecule has 0 radical (unpaired) electrons. The molecule has 0 unspecified atom stereocenters. The van der Waals surface area contributed by atoms with Gasteiger partial charge in [-0.1, -0.05) is 224 Å². The zero-order valence-corrected chi connectivity index (χ0v) is 47.1. The molecule has 0 aliphatic carbocycles. The van der Waals surface area contributed by atoms with Gasteiger partial charge in [0.25, 0.3) is 0 Å². The minimum Gasteiger partial charge on any atom is -0.456 e. The van der Waals surface area contributed by atoms with Crippen molar-refractivity contribution >= 4 is 97.7 Å². The molecule has 0 aliphatic heterocycles. The van der Waals surface area contributed by atoms with E-state index >= 15 is 0 Å². The maximum Gasteiger partial charge on any atom is 0.164 e. The van der Waals surface area contributed by atoms with Crippen molar-refractivity contribution in [3.05, 3.63) is 279 Å². The van der Waals surface area contributed by atoms with Gasteiger partial charge in [-0.3, -0.25) is 0 Å². The van der Waals surface area contributed by atoms with Crippen molar-refractivity contribution in [1.82, 2.24) is 29.9 Å². The molecule has 0 saturated carbocycles. The number of hydrogen-bond acceptors (Lipinski definition) is 8. The van der Waals surface area contributed by atoms with Crippen molar-refractivity contribution in [2.24, 2.45) is 0 Å². The van der Waals surface area contributed by atoms with Gasteiger partial charge in [0.2, 0.25) is 0 Å². The first-order valence-electron chi connectivity index (χ1n) is 29.5. The van der Waals surface area contributed by atoms with Gasteiger partial charge in [0.15, 0.2) is 34.9 Å². The molecule has 88 heavy (non-hydrogen) atoms. The number of para-hydroxylation sites is 2. The highest BCUT2D eigenvalue weighted by Gasteiger charge is 2.24. The Kier molecular flexibility index (Phi) is 11.1. The SMILES string of the molecule is c1ccc(-c2ccc(-c3nc(-c4cc5ccccc5c5ccccc45)nc(-c4ccc(-c5ccc6ccc(-c7nc(-c8ccc9c(ccc%10ccccc%109)c8)nc(-c8cccc9oc%10ccccc%10c89)n7)cc6c5)c5oc6ccccc6c45)n3)cc2)cc1. The Morgan fingerprint density at radius 1 is 0.193 bits per heavy atom. The summed E-state index contributed by atoms with van der Waals surface area (Å²) in [7, 11) is 0. The first-order valence-corrected chi connectivity index (χ1v) is 29.5. The van der Waals surface area contributed by atoms with Crippen LogP contribution in [0.2, 0.25) is 0 Å². The lowest BCUT2D eigenvalue weighted by molar-refractivity contribution is 0.669. The van der Waals surface area contributed by atoms with Gasteiger partial charge in [-0.05, 0) is 125 Å². The number of benzene rings is 14. The van der Waals surface area contributed by atoms with E-state index in [9.17, 15) is 0 Å². The van der Waals surface area contributed by atoms with Crippen LogP contribution in [0.25, 0.3) is 188 Å². The average Bonchev–Trinajstić information content (AvgIpc) is 1.60. The molecule has 0 amide bonds. The van der Waals surface area contributed by atoms with E-state index in [0.717, 1.165) is 132 Å². The van der Waals surface area contributed by atoms with Gasteiger partial charge in [-0.25, -0.2) is 29.9 Å². The molecular formula is C80H46N6O2. The minimum atomic E-state index is 0.543. The van der Waals surface area contributed by atoms with Crippen LogP contribution >= 0.6 is 0 Å². The highest BCUT2D eigenvalue weighted by Crippen LogP contribution is 2.44.